The van der Waals surface area contributed by atoms with E-state index in [9.17, 15) is 22.8 Å². The summed E-state index contributed by atoms with van der Waals surface area (Å²) in [5, 5.41) is 12.1. The first kappa shape index (κ1) is 44.3. The second-order valence-corrected chi connectivity index (χ2v) is 19.1. The third-order valence-corrected chi connectivity index (χ3v) is 13.6. The van der Waals surface area contributed by atoms with E-state index in [2.05, 4.69) is 49.1 Å². The summed E-state index contributed by atoms with van der Waals surface area (Å²) in [6.07, 6.45) is 5.34. The first-order valence-corrected chi connectivity index (χ1v) is 22.8. The minimum absolute atomic E-state index is 0.0794. The van der Waals surface area contributed by atoms with Crippen molar-refractivity contribution in [3.8, 4) is 11.5 Å². The molecule has 0 spiro atoms. The number of hydrogen-bond donors (Lipinski definition) is 4. The molecule has 0 aliphatic carbocycles. The minimum atomic E-state index is -3.59. The number of likely N-dealkylation sites (tertiary alicyclic amines) is 1. The number of fused-ring (bicyclic) bond motifs is 1. The van der Waals surface area contributed by atoms with Gasteiger partial charge < -0.3 is 29.8 Å². The zero-order valence-corrected chi connectivity index (χ0v) is 37.0. The lowest BCUT2D eigenvalue weighted by atomic mass is 9.86. The number of sulfone groups is 1. The number of carbonyl (C=O) groups excluding carboxylic acids is 3. The van der Waals surface area contributed by atoms with Crippen LogP contribution >= 0.6 is 11.6 Å². The molecule has 15 nitrogen and oxygen atoms in total. The molecule has 7 rings (SSSR count). The van der Waals surface area contributed by atoms with E-state index in [0.717, 1.165) is 42.4 Å². The van der Waals surface area contributed by atoms with Crippen LogP contribution in [-0.2, 0) is 24.2 Å². The zero-order valence-electron chi connectivity index (χ0n) is 35.4. The Morgan fingerprint density at radius 2 is 1.77 bits per heavy atom. The number of aryl methyl sites for hydroxylation is 1. The molecular weight excluding hydrogens is 834 g/mol. The van der Waals surface area contributed by atoms with Gasteiger partial charge in [0, 0.05) is 17.4 Å². The normalized spacial score (nSPS) is 16.4. The number of ether oxygens (including phenoxy) is 2. The van der Waals surface area contributed by atoms with Crippen LogP contribution < -0.4 is 30.7 Å². The Hall–Kier alpha value is -5.71. The van der Waals surface area contributed by atoms with Crippen LogP contribution in [0.5, 0.6) is 11.5 Å². The monoisotopic (exact) mass is 885 g/mol. The van der Waals surface area contributed by atoms with Crippen LogP contribution in [0, 0.1) is 6.92 Å². The van der Waals surface area contributed by atoms with E-state index in [1.165, 1.54) is 11.8 Å². The lowest BCUT2D eigenvalue weighted by Gasteiger charge is -2.32. The number of piperidine rings is 2. The summed E-state index contributed by atoms with van der Waals surface area (Å²) in [7, 11) is -3.59. The highest BCUT2D eigenvalue weighted by Gasteiger charge is 2.31. The Labute approximate surface area is 366 Å². The summed E-state index contributed by atoms with van der Waals surface area (Å²) < 4.78 is 44.1. The van der Waals surface area contributed by atoms with Crippen LogP contribution in [-0.4, -0.2) is 85.1 Å². The molecular formula is C45H52ClN7O8S. The summed E-state index contributed by atoms with van der Waals surface area (Å²) in [6, 6.07) is 16.1. The Kier molecular flexibility index (Phi) is 13.7. The fraction of sp³-hybridized carbons (Fsp3) is 0.400. The maximum Gasteiger partial charge on any atom is 0.234 e. The first-order valence-electron chi connectivity index (χ1n) is 20.8. The number of furan rings is 1. The molecule has 2 fully saturated rings. The number of anilines is 4. The van der Waals surface area contributed by atoms with Crippen LogP contribution in [0.2, 0.25) is 5.02 Å². The van der Waals surface area contributed by atoms with Crippen molar-refractivity contribution in [1.82, 2.24) is 25.5 Å². The Balaban J connectivity index is 0.928. The van der Waals surface area contributed by atoms with Crippen molar-refractivity contribution in [2.75, 3.05) is 43.4 Å². The summed E-state index contributed by atoms with van der Waals surface area (Å²) >= 11 is 6.50. The molecule has 1 unspecified atom stereocenters. The number of carbonyl (C=O) groups is 3. The minimum Gasteiger partial charge on any atom is -0.492 e. The number of nitrogens with one attached hydrogen (secondary N) is 4. The van der Waals surface area contributed by atoms with Crippen LogP contribution in [0.1, 0.15) is 81.9 Å². The predicted octanol–water partition coefficient (Wildman–Crippen LogP) is 7.54. The molecule has 5 aromatic rings. The second-order valence-electron chi connectivity index (χ2n) is 16.2. The number of imide groups is 1. The molecule has 0 radical (unpaired) electrons. The van der Waals surface area contributed by atoms with E-state index in [1.807, 2.05) is 26.0 Å². The highest BCUT2D eigenvalue weighted by atomic mass is 35.5. The number of para-hydroxylation sites is 1. The highest BCUT2D eigenvalue weighted by Crippen LogP contribution is 2.39. The Morgan fingerprint density at radius 1 is 1.00 bits per heavy atom. The highest BCUT2D eigenvalue weighted by molar-refractivity contribution is 7.92. The molecule has 0 saturated carbocycles. The lowest BCUT2D eigenvalue weighted by Crippen LogP contribution is -2.42. The van der Waals surface area contributed by atoms with Crippen LogP contribution in [0.3, 0.4) is 0 Å². The van der Waals surface area contributed by atoms with Gasteiger partial charge in [0.25, 0.3) is 0 Å². The van der Waals surface area contributed by atoms with Gasteiger partial charge in [0.2, 0.25) is 23.7 Å². The Morgan fingerprint density at radius 3 is 2.52 bits per heavy atom. The van der Waals surface area contributed by atoms with Crippen LogP contribution in [0.25, 0.3) is 11.0 Å². The third-order valence-electron chi connectivity index (χ3n) is 11.1. The molecule has 1 atom stereocenters. The van der Waals surface area contributed by atoms with Gasteiger partial charge in [0.05, 0.1) is 59.1 Å². The maximum absolute atomic E-state index is 13.1. The topological polar surface area (TPSA) is 194 Å². The number of nitrogens with zero attached hydrogens (tertiary/aromatic N) is 3. The van der Waals surface area contributed by atoms with E-state index in [4.69, 9.17) is 25.5 Å². The van der Waals surface area contributed by atoms with E-state index in [0.29, 0.717) is 41.4 Å². The molecule has 3 aromatic carbocycles. The first-order chi connectivity index (χ1) is 29.7. The fourth-order valence-electron chi connectivity index (χ4n) is 7.83. The van der Waals surface area contributed by atoms with Gasteiger partial charge in [-0.3, -0.25) is 24.6 Å². The summed E-state index contributed by atoms with van der Waals surface area (Å²) in [5.41, 5.74) is 4.62. The molecule has 2 saturated heterocycles. The van der Waals surface area contributed by atoms with Crippen molar-refractivity contribution < 1.29 is 36.7 Å². The number of hydrogen-bond acceptors (Lipinski definition) is 13. The second kappa shape index (κ2) is 19.1. The standard InChI is InChI=1S/C45H52ClN7O8S/c1-26(2)61-39-22-32(28(5)20-37(39)50-45-48-23-35(46)43(52-45)49-36-8-6-7-9-40(36)62(57,58)27(3)4)29-14-17-53(18-15-29)24-42(55)47-16-19-59-30-10-12-38-33(21-30)34(25-60-38)31-11-13-41(54)51-44(31)56/h6-10,12,20-23,25-27,29,31H,11,13-19,24H2,1-5H3,(H,47,55)(H,51,54,56)(H2,48,49,50,52). The van der Waals surface area contributed by atoms with Crippen molar-refractivity contribution in [2.45, 2.75) is 88.4 Å². The van der Waals surface area contributed by atoms with Gasteiger partial charge in [0.1, 0.15) is 28.7 Å². The van der Waals surface area contributed by atoms with Gasteiger partial charge in [-0.15, -0.1) is 0 Å². The smallest absolute Gasteiger partial charge is 0.234 e. The van der Waals surface area contributed by atoms with E-state index in [1.54, 1.807) is 56.5 Å². The van der Waals surface area contributed by atoms with Gasteiger partial charge in [-0.25, -0.2) is 13.4 Å². The van der Waals surface area contributed by atoms with Gasteiger partial charge >= 0.3 is 0 Å². The van der Waals surface area contributed by atoms with E-state index < -0.39 is 21.0 Å². The van der Waals surface area contributed by atoms with E-state index >= 15 is 0 Å². The van der Waals surface area contributed by atoms with Gasteiger partial charge in [-0.05, 0) is 126 Å². The molecule has 2 aliphatic rings. The Bertz CT molecular complexity index is 2570. The van der Waals surface area contributed by atoms with Crippen molar-refractivity contribution >= 4 is 73.3 Å². The predicted molar refractivity (Wildman–Crippen MR) is 238 cm³/mol. The average molecular weight is 886 g/mol. The van der Waals surface area contributed by atoms with Crippen LogP contribution in [0.4, 0.5) is 23.1 Å². The number of amides is 3. The van der Waals surface area contributed by atoms with Gasteiger partial charge in [-0.2, -0.15) is 4.98 Å². The quantitative estimate of drug-likeness (QED) is 0.0562. The summed E-state index contributed by atoms with van der Waals surface area (Å²) in [4.78, 5) is 48.4. The van der Waals surface area contributed by atoms with Crippen molar-refractivity contribution in [1.29, 1.82) is 0 Å². The van der Waals surface area contributed by atoms with Crippen LogP contribution in [0.15, 0.2) is 76.4 Å². The fourth-order valence-corrected chi connectivity index (χ4v) is 9.17. The van der Waals surface area contributed by atoms with E-state index in [-0.39, 0.29) is 71.0 Å². The average Bonchev–Trinajstić information content (AvgIpc) is 3.65. The SMILES string of the molecule is Cc1cc(Nc2ncc(Cl)c(Nc3ccccc3S(=O)(=O)C(C)C)n2)c(OC(C)C)cc1C1CCN(CC(=O)NCCOc2ccc3occ(C4CCC(=O)NC4=O)c3c2)CC1. The van der Waals surface area contributed by atoms with Crippen molar-refractivity contribution in [3.63, 3.8) is 0 Å². The molecule has 3 amide bonds. The molecule has 2 aromatic heterocycles. The van der Waals surface area contributed by atoms with Crippen molar-refractivity contribution in [3.05, 3.63) is 88.8 Å². The summed E-state index contributed by atoms with van der Waals surface area (Å²) in [5.74, 6) is 0.843. The van der Waals surface area contributed by atoms with Crippen molar-refractivity contribution in [2.24, 2.45) is 0 Å². The zero-order chi connectivity index (χ0) is 44.1. The third kappa shape index (κ3) is 10.3. The molecule has 2 aliphatic heterocycles. The maximum atomic E-state index is 13.1. The summed E-state index contributed by atoms with van der Waals surface area (Å²) in [6.45, 7) is 11.6. The van der Waals surface area contributed by atoms with Gasteiger partial charge in [-0.1, -0.05) is 23.7 Å². The molecule has 4 N–H and O–H groups in total. The number of halogens is 1. The molecule has 62 heavy (non-hydrogen) atoms. The molecule has 0 bridgehead atoms. The number of aromatic nitrogens is 2. The molecule has 328 valence electrons. The lowest BCUT2D eigenvalue weighted by molar-refractivity contribution is -0.134. The molecule has 4 heterocycles. The molecule has 17 heteroatoms. The van der Waals surface area contributed by atoms with Gasteiger partial charge in [0.15, 0.2) is 15.7 Å². The number of benzene rings is 3. The largest absolute Gasteiger partial charge is 0.492 e. The number of rotatable bonds is 16.